The third-order valence-corrected chi connectivity index (χ3v) is 4.98. The van der Waals surface area contributed by atoms with Gasteiger partial charge in [-0.25, -0.2) is 4.79 Å². The minimum absolute atomic E-state index is 0.133. The standard InChI is InChI=1S/C21H25N3O3/c1-23(13-16-4-2-10-22-12-16)15-20(25)24-11-3-5-19(14-24)17-6-8-18(9-7-17)21(26)27/h2,4,6-10,12,19H,3,5,11,13-15H2,1H3,(H,26,27)/t19-/m1/s1. The fraction of sp³-hybridized carbons (Fsp3) is 0.381. The molecule has 0 radical (unpaired) electrons. The van der Waals surface area contributed by atoms with Gasteiger partial charge in [0.25, 0.3) is 0 Å². The van der Waals surface area contributed by atoms with Crippen LogP contribution in [0.3, 0.4) is 0 Å². The number of likely N-dealkylation sites (N-methyl/N-ethyl adjacent to an activating group) is 1. The van der Waals surface area contributed by atoms with E-state index in [0.717, 1.165) is 30.5 Å². The van der Waals surface area contributed by atoms with Crippen molar-refractivity contribution in [2.24, 2.45) is 0 Å². The monoisotopic (exact) mass is 367 g/mol. The van der Waals surface area contributed by atoms with E-state index in [1.165, 1.54) is 0 Å². The van der Waals surface area contributed by atoms with E-state index in [1.54, 1.807) is 18.3 Å². The molecule has 0 unspecified atom stereocenters. The van der Waals surface area contributed by atoms with Gasteiger partial charge < -0.3 is 10.0 Å². The van der Waals surface area contributed by atoms with Crippen LogP contribution in [-0.2, 0) is 11.3 Å². The highest BCUT2D eigenvalue weighted by atomic mass is 16.4. The molecule has 0 saturated carbocycles. The van der Waals surface area contributed by atoms with E-state index >= 15 is 0 Å². The molecule has 27 heavy (non-hydrogen) atoms. The number of hydrogen-bond donors (Lipinski definition) is 1. The van der Waals surface area contributed by atoms with Gasteiger partial charge in [-0.2, -0.15) is 0 Å². The number of rotatable bonds is 6. The first-order valence-corrected chi connectivity index (χ1v) is 9.21. The number of carboxylic acid groups (broad SMARTS) is 1. The van der Waals surface area contributed by atoms with Crippen molar-refractivity contribution in [2.75, 3.05) is 26.7 Å². The topological polar surface area (TPSA) is 73.7 Å². The number of likely N-dealkylation sites (tertiary alicyclic amines) is 1. The van der Waals surface area contributed by atoms with E-state index in [-0.39, 0.29) is 11.8 Å². The number of aromatic carboxylic acids is 1. The number of carboxylic acids is 1. The Morgan fingerprint density at radius 3 is 2.70 bits per heavy atom. The molecule has 1 aliphatic rings. The smallest absolute Gasteiger partial charge is 0.335 e. The van der Waals surface area contributed by atoms with Crippen molar-refractivity contribution in [3.8, 4) is 0 Å². The first-order valence-electron chi connectivity index (χ1n) is 9.21. The van der Waals surface area contributed by atoms with Crippen molar-refractivity contribution in [1.29, 1.82) is 0 Å². The second kappa shape index (κ2) is 8.77. The molecule has 0 spiro atoms. The molecule has 2 aromatic rings. The maximum Gasteiger partial charge on any atom is 0.335 e. The third-order valence-electron chi connectivity index (χ3n) is 4.98. The Bertz CT molecular complexity index is 777. The van der Waals surface area contributed by atoms with Crippen LogP contribution < -0.4 is 0 Å². The largest absolute Gasteiger partial charge is 0.478 e. The summed E-state index contributed by atoms with van der Waals surface area (Å²) in [6.45, 7) is 2.53. The number of amides is 1. The molecule has 1 amide bonds. The summed E-state index contributed by atoms with van der Waals surface area (Å²) in [6, 6.07) is 10.9. The number of piperidine rings is 1. The van der Waals surface area contributed by atoms with Crippen LogP contribution >= 0.6 is 0 Å². The lowest BCUT2D eigenvalue weighted by molar-refractivity contribution is -0.133. The van der Waals surface area contributed by atoms with Crippen LogP contribution in [0.2, 0.25) is 0 Å². The van der Waals surface area contributed by atoms with Gasteiger partial charge in [0.05, 0.1) is 12.1 Å². The Morgan fingerprint density at radius 1 is 1.26 bits per heavy atom. The number of carbonyl (C=O) groups is 2. The van der Waals surface area contributed by atoms with Crippen LogP contribution in [0.25, 0.3) is 0 Å². The zero-order valence-electron chi connectivity index (χ0n) is 15.5. The van der Waals surface area contributed by atoms with Gasteiger partial charge in [-0.15, -0.1) is 0 Å². The summed E-state index contributed by atoms with van der Waals surface area (Å²) >= 11 is 0. The van der Waals surface area contributed by atoms with Crippen molar-refractivity contribution < 1.29 is 14.7 Å². The Kier molecular flexibility index (Phi) is 6.19. The third kappa shape index (κ3) is 5.14. The summed E-state index contributed by atoms with van der Waals surface area (Å²) in [5.74, 6) is -0.527. The quantitative estimate of drug-likeness (QED) is 0.850. The minimum Gasteiger partial charge on any atom is -0.478 e. The van der Waals surface area contributed by atoms with E-state index < -0.39 is 5.97 Å². The van der Waals surface area contributed by atoms with Gasteiger partial charge in [0.15, 0.2) is 0 Å². The number of carbonyl (C=O) groups excluding carboxylic acids is 1. The Labute approximate surface area is 159 Å². The average molecular weight is 367 g/mol. The van der Waals surface area contributed by atoms with Gasteiger partial charge in [0.1, 0.15) is 0 Å². The molecular weight excluding hydrogens is 342 g/mol. The van der Waals surface area contributed by atoms with Crippen molar-refractivity contribution >= 4 is 11.9 Å². The van der Waals surface area contributed by atoms with Gasteiger partial charge in [-0.3, -0.25) is 14.7 Å². The van der Waals surface area contributed by atoms with Crippen LogP contribution in [0.4, 0.5) is 0 Å². The lowest BCUT2D eigenvalue weighted by Crippen LogP contribution is -2.43. The number of hydrogen-bond acceptors (Lipinski definition) is 4. The molecule has 6 heteroatoms. The molecule has 0 aliphatic carbocycles. The summed E-state index contributed by atoms with van der Waals surface area (Å²) in [6.07, 6.45) is 5.54. The van der Waals surface area contributed by atoms with Crippen molar-refractivity contribution in [1.82, 2.24) is 14.8 Å². The molecule has 2 heterocycles. The molecule has 1 fully saturated rings. The second-order valence-electron chi connectivity index (χ2n) is 7.14. The molecular formula is C21H25N3O3. The zero-order valence-corrected chi connectivity index (χ0v) is 15.5. The fourth-order valence-corrected chi connectivity index (χ4v) is 3.56. The molecule has 1 aromatic heterocycles. The van der Waals surface area contributed by atoms with Gasteiger partial charge in [0, 0.05) is 37.9 Å². The first-order chi connectivity index (χ1) is 13.0. The summed E-state index contributed by atoms with van der Waals surface area (Å²) < 4.78 is 0. The Hall–Kier alpha value is -2.73. The minimum atomic E-state index is -0.918. The molecule has 1 aromatic carbocycles. The molecule has 3 rings (SSSR count). The van der Waals surface area contributed by atoms with Crippen molar-refractivity contribution in [3.63, 3.8) is 0 Å². The molecule has 1 saturated heterocycles. The van der Waals surface area contributed by atoms with Crippen LogP contribution in [0, 0.1) is 0 Å². The Balaban J connectivity index is 1.56. The maximum atomic E-state index is 12.7. The van der Waals surface area contributed by atoms with Gasteiger partial charge in [-0.05, 0) is 49.2 Å². The second-order valence-corrected chi connectivity index (χ2v) is 7.14. The van der Waals surface area contributed by atoms with Gasteiger partial charge >= 0.3 is 5.97 Å². The summed E-state index contributed by atoms with van der Waals surface area (Å²) in [5.41, 5.74) is 2.48. The molecule has 1 N–H and O–H groups in total. The number of aromatic nitrogens is 1. The highest BCUT2D eigenvalue weighted by molar-refractivity contribution is 5.87. The van der Waals surface area contributed by atoms with Crippen molar-refractivity contribution in [2.45, 2.75) is 25.3 Å². The lowest BCUT2D eigenvalue weighted by atomic mass is 9.90. The number of pyridine rings is 1. The number of nitrogens with zero attached hydrogens (tertiary/aromatic N) is 3. The number of benzene rings is 1. The first kappa shape index (κ1) is 19.0. The molecule has 6 nitrogen and oxygen atoms in total. The predicted molar refractivity (Wildman–Crippen MR) is 103 cm³/mol. The summed E-state index contributed by atoms with van der Waals surface area (Å²) in [7, 11) is 1.94. The summed E-state index contributed by atoms with van der Waals surface area (Å²) in [5, 5.41) is 9.03. The van der Waals surface area contributed by atoms with Crippen LogP contribution in [-0.4, -0.2) is 58.4 Å². The maximum absolute atomic E-state index is 12.7. The average Bonchev–Trinajstić information content (AvgIpc) is 2.69. The molecule has 142 valence electrons. The normalized spacial score (nSPS) is 17.1. The van der Waals surface area contributed by atoms with E-state index in [2.05, 4.69) is 4.98 Å². The molecule has 0 bridgehead atoms. The fourth-order valence-electron chi connectivity index (χ4n) is 3.56. The highest BCUT2D eigenvalue weighted by Crippen LogP contribution is 2.27. The highest BCUT2D eigenvalue weighted by Gasteiger charge is 2.25. The zero-order chi connectivity index (χ0) is 19.2. The van der Waals surface area contributed by atoms with Crippen molar-refractivity contribution in [3.05, 3.63) is 65.5 Å². The van der Waals surface area contributed by atoms with E-state index in [1.807, 2.05) is 47.3 Å². The molecule has 1 aliphatic heterocycles. The van der Waals surface area contributed by atoms with Crippen LogP contribution in [0.15, 0.2) is 48.8 Å². The van der Waals surface area contributed by atoms with E-state index in [4.69, 9.17) is 5.11 Å². The summed E-state index contributed by atoms with van der Waals surface area (Å²) in [4.78, 5) is 31.8. The van der Waals surface area contributed by atoms with Crippen LogP contribution in [0.1, 0.15) is 40.2 Å². The van der Waals surface area contributed by atoms with Gasteiger partial charge in [0.2, 0.25) is 5.91 Å². The predicted octanol–water partition coefficient (Wildman–Crippen LogP) is 2.62. The SMILES string of the molecule is CN(CC(=O)N1CCC[C@@H](c2ccc(C(=O)O)cc2)C1)Cc1cccnc1. The Morgan fingerprint density at radius 2 is 2.04 bits per heavy atom. The van der Waals surface area contributed by atoms with E-state index in [0.29, 0.717) is 25.2 Å². The van der Waals surface area contributed by atoms with E-state index in [9.17, 15) is 9.59 Å². The lowest BCUT2D eigenvalue weighted by Gasteiger charge is -2.34. The van der Waals surface area contributed by atoms with Gasteiger partial charge in [-0.1, -0.05) is 18.2 Å². The van der Waals surface area contributed by atoms with Crippen LogP contribution in [0.5, 0.6) is 0 Å². The molecule has 1 atom stereocenters.